The van der Waals surface area contributed by atoms with E-state index in [1.165, 1.54) is 5.56 Å². The lowest BCUT2D eigenvalue weighted by Crippen LogP contribution is -2.48. The van der Waals surface area contributed by atoms with E-state index in [-0.39, 0.29) is 5.91 Å². The highest BCUT2D eigenvalue weighted by molar-refractivity contribution is 5.76. The Labute approximate surface area is 134 Å². The molecule has 1 N–H and O–H groups in total. The summed E-state index contributed by atoms with van der Waals surface area (Å²) in [6.07, 6.45) is 0.568. The topological polar surface area (TPSA) is 35.6 Å². The van der Waals surface area contributed by atoms with Gasteiger partial charge in [0.05, 0.1) is 0 Å². The smallest absolute Gasteiger partial charge is 0.224 e. The first-order valence-electron chi connectivity index (χ1n) is 8.44. The first kappa shape index (κ1) is 16.8. The minimum Gasteiger partial charge on any atom is -0.385 e. The van der Waals surface area contributed by atoms with Gasteiger partial charge in [0, 0.05) is 44.8 Å². The van der Waals surface area contributed by atoms with Gasteiger partial charge in [-0.3, -0.25) is 4.79 Å². The number of carbonyl (C=O) groups excluding carboxylic acids is 1. The van der Waals surface area contributed by atoms with Crippen molar-refractivity contribution in [3.8, 4) is 0 Å². The molecule has 0 saturated carbocycles. The lowest BCUT2D eigenvalue weighted by atomic mass is 10.0. The first-order valence-corrected chi connectivity index (χ1v) is 8.44. The summed E-state index contributed by atoms with van der Waals surface area (Å²) in [6.45, 7) is 12.1. The third kappa shape index (κ3) is 4.73. The van der Waals surface area contributed by atoms with Gasteiger partial charge in [-0.15, -0.1) is 0 Å². The zero-order valence-corrected chi connectivity index (χ0v) is 14.1. The van der Waals surface area contributed by atoms with Crippen LogP contribution in [0.1, 0.15) is 38.7 Å². The molecule has 4 heteroatoms. The molecular formula is C18H29N3O. The minimum absolute atomic E-state index is 0.266. The molecule has 1 saturated heterocycles. The molecule has 0 spiro atoms. The fourth-order valence-electron chi connectivity index (χ4n) is 2.77. The van der Waals surface area contributed by atoms with Gasteiger partial charge in [-0.2, -0.15) is 0 Å². The summed E-state index contributed by atoms with van der Waals surface area (Å²) >= 11 is 0. The normalized spacial score (nSPS) is 16.1. The number of rotatable bonds is 6. The Hall–Kier alpha value is -1.55. The molecule has 0 unspecified atom stereocenters. The average Bonchev–Trinajstić information content (AvgIpc) is 2.55. The Morgan fingerprint density at radius 1 is 1.14 bits per heavy atom. The van der Waals surface area contributed by atoms with Gasteiger partial charge in [0.15, 0.2) is 0 Å². The van der Waals surface area contributed by atoms with Crippen LogP contribution in [-0.2, 0) is 4.79 Å². The Bertz CT molecular complexity index is 462. The van der Waals surface area contributed by atoms with Crippen molar-refractivity contribution in [1.82, 2.24) is 9.80 Å². The quantitative estimate of drug-likeness (QED) is 0.878. The Morgan fingerprint density at radius 3 is 2.32 bits per heavy atom. The number of hydrogen-bond donors (Lipinski definition) is 1. The molecule has 2 rings (SSSR count). The van der Waals surface area contributed by atoms with Crippen LogP contribution in [0.3, 0.4) is 0 Å². The fraction of sp³-hybridized carbons (Fsp3) is 0.611. The summed E-state index contributed by atoms with van der Waals surface area (Å²) in [6, 6.07) is 8.50. The number of anilines is 1. The number of benzene rings is 1. The summed E-state index contributed by atoms with van der Waals surface area (Å²) in [5, 5.41) is 3.34. The molecule has 1 aromatic carbocycles. The maximum atomic E-state index is 12.2. The number of hydrogen-bond acceptors (Lipinski definition) is 3. The highest BCUT2D eigenvalue weighted by Gasteiger charge is 2.19. The van der Waals surface area contributed by atoms with Gasteiger partial charge in [0.1, 0.15) is 0 Å². The van der Waals surface area contributed by atoms with Crippen molar-refractivity contribution in [3.63, 3.8) is 0 Å². The third-order valence-electron chi connectivity index (χ3n) is 4.42. The van der Waals surface area contributed by atoms with Gasteiger partial charge in [-0.1, -0.05) is 32.9 Å². The number of nitrogens with one attached hydrogen (secondary N) is 1. The number of piperazine rings is 1. The highest BCUT2D eigenvalue weighted by Crippen LogP contribution is 2.17. The Morgan fingerprint density at radius 2 is 1.77 bits per heavy atom. The van der Waals surface area contributed by atoms with Crippen LogP contribution in [-0.4, -0.2) is 55.0 Å². The maximum Gasteiger partial charge on any atom is 0.224 e. The second-order valence-electron chi connectivity index (χ2n) is 6.27. The monoisotopic (exact) mass is 303 g/mol. The largest absolute Gasteiger partial charge is 0.385 e. The Balaban J connectivity index is 1.71. The van der Waals surface area contributed by atoms with E-state index in [1.807, 2.05) is 4.90 Å². The van der Waals surface area contributed by atoms with Gasteiger partial charge < -0.3 is 15.1 Å². The SMILES string of the molecule is CCN1CCN(C(=O)CCNc2ccc(C(C)C)cc2)CC1. The van der Waals surface area contributed by atoms with Gasteiger partial charge in [0.25, 0.3) is 0 Å². The molecule has 0 bridgehead atoms. The van der Waals surface area contributed by atoms with E-state index in [2.05, 4.69) is 55.3 Å². The molecule has 0 radical (unpaired) electrons. The molecule has 4 nitrogen and oxygen atoms in total. The number of amides is 1. The zero-order chi connectivity index (χ0) is 15.9. The van der Waals surface area contributed by atoms with Crippen molar-refractivity contribution in [3.05, 3.63) is 29.8 Å². The van der Waals surface area contributed by atoms with Gasteiger partial charge >= 0.3 is 0 Å². The fourth-order valence-corrected chi connectivity index (χ4v) is 2.77. The van der Waals surface area contributed by atoms with Crippen molar-refractivity contribution < 1.29 is 4.79 Å². The molecule has 122 valence electrons. The Kier molecular flexibility index (Phi) is 6.25. The molecule has 1 aliphatic heterocycles. The van der Waals surface area contributed by atoms with Crippen LogP contribution < -0.4 is 5.32 Å². The second-order valence-corrected chi connectivity index (χ2v) is 6.27. The summed E-state index contributed by atoms with van der Waals surface area (Å²) in [5.41, 5.74) is 2.43. The average molecular weight is 303 g/mol. The molecule has 1 heterocycles. The number of carbonyl (C=O) groups is 1. The molecule has 0 atom stereocenters. The van der Waals surface area contributed by atoms with E-state index in [0.717, 1.165) is 38.4 Å². The molecular weight excluding hydrogens is 274 g/mol. The van der Waals surface area contributed by atoms with E-state index in [9.17, 15) is 4.79 Å². The van der Waals surface area contributed by atoms with Gasteiger partial charge in [-0.05, 0) is 30.2 Å². The number of likely N-dealkylation sites (N-methyl/N-ethyl adjacent to an activating group) is 1. The molecule has 22 heavy (non-hydrogen) atoms. The van der Waals surface area contributed by atoms with Crippen LogP contribution in [0.15, 0.2) is 24.3 Å². The molecule has 1 aliphatic rings. The predicted octanol–water partition coefficient (Wildman–Crippen LogP) is 2.78. The van der Waals surface area contributed by atoms with Gasteiger partial charge in [-0.25, -0.2) is 0 Å². The van der Waals surface area contributed by atoms with Gasteiger partial charge in [0.2, 0.25) is 5.91 Å². The van der Waals surface area contributed by atoms with Crippen molar-refractivity contribution in [1.29, 1.82) is 0 Å². The van der Waals surface area contributed by atoms with Crippen LogP contribution in [0, 0.1) is 0 Å². The lowest BCUT2D eigenvalue weighted by molar-refractivity contribution is -0.132. The summed E-state index contributed by atoms with van der Waals surface area (Å²) in [4.78, 5) is 16.6. The highest BCUT2D eigenvalue weighted by atomic mass is 16.2. The van der Waals surface area contributed by atoms with E-state index < -0.39 is 0 Å². The molecule has 0 aromatic heterocycles. The van der Waals surface area contributed by atoms with Crippen molar-refractivity contribution in [2.24, 2.45) is 0 Å². The lowest BCUT2D eigenvalue weighted by Gasteiger charge is -2.34. The molecule has 1 amide bonds. The predicted molar refractivity (Wildman–Crippen MR) is 92.3 cm³/mol. The van der Waals surface area contributed by atoms with Crippen LogP contribution in [0.4, 0.5) is 5.69 Å². The van der Waals surface area contributed by atoms with Crippen molar-refractivity contribution in [2.45, 2.75) is 33.1 Å². The van der Waals surface area contributed by atoms with E-state index in [0.29, 0.717) is 18.9 Å². The van der Waals surface area contributed by atoms with E-state index in [4.69, 9.17) is 0 Å². The van der Waals surface area contributed by atoms with Crippen LogP contribution in [0.2, 0.25) is 0 Å². The van der Waals surface area contributed by atoms with E-state index in [1.54, 1.807) is 0 Å². The number of nitrogens with zero attached hydrogens (tertiary/aromatic N) is 2. The van der Waals surface area contributed by atoms with Crippen LogP contribution in [0.5, 0.6) is 0 Å². The maximum absolute atomic E-state index is 12.2. The molecule has 1 aromatic rings. The van der Waals surface area contributed by atoms with Crippen molar-refractivity contribution >= 4 is 11.6 Å². The van der Waals surface area contributed by atoms with Crippen LogP contribution in [0.25, 0.3) is 0 Å². The van der Waals surface area contributed by atoms with Crippen LogP contribution >= 0.6 is 0 Å². The summed E-state index contributed by atoms with van der Waals surface area (Å²) in [7, 11) is 0. The van der Waals surface area contributed by atoms with Crippen molar-refractivity contribution in [2.75, 3.05) is 44.6 Å². The minimum atomic E-state index is 0.266. The second kappa shape index (κ2) is 8.18. The first-order chi connectivity index (χ1) is 10.6. The summed E-state index contributed by atoms with van der Waals surface area (Å²) < 4.78 is 0. The third-order valence-corrected chi connectivity index (χ3v) is 4.42. The molecule has 1 fully saturated rings. The summed E-state index contributed by atoms with van der Waals surface area (Å²) in [5.74, 6) is 0.819. The zero-order valence-electron chi connectivity index (χ0n) is 14.1. The van der Waals surface area contributed by atoms with E-state index >= 15 is 0 Å². The molecule has 0 aliphatic carbocycles. The standard InChI is InChI=1S/C18H29N3O/c1-4-20-11-13-21(14-12-20)18(22)9-10-19-17-7-5-16(6-8-17)15(2)3/h5-8,15,19H,4,9-14H2,1-3H3.